The van der Waals surface area contributed by atoms with E-state index in [1.165, 1.54) is 0 Å². The lowest BCUT2D eigenvalue weighted by Gasteiger charge is -2.16. The van der Waals surface area contributed by atoms with Crippen molar-refractivity contribution in [3.63, 3.8) is 0 Å². The Morgan fingerprint density at radius 1 is 1.17 bits per heavy atom. The van der Waals surface area contributed by atoms with E-state index in [0.717, 1.165) is 5.56 Å². The number of thiophene rings is 1. The Balaban J connectivity index is 1.94. The lowest BCUT2D eigenvalue weighted by Crippen LogP contribution is -2.32. The molecule has 1 atom stereocenters. The zero-order valence-electron chi connectivity index (χ0n) is 13.3. The molecule has 0 aliphatic carbocycles. The molecule has 2 amide bonds. The van der Waals surface area contributed by atoms with Crippen molar-refractivity contribution in [3.05, 3.63) is 40.6 Å². The number of hydrogen-bond donors (Lipinski definition) is 2. The van der Waals surface area contributed by atoms with Crippen LogP contribution in [0.25, 0.3) is 0 Å². The first-order valence-electron chi connectivity index (χ1n) is 6.99. The summed E-state index contributed by atoms with van der Waals surface area (Å²) in [5.41, 5.74) is 1.63. The van der Waals surface area contributed by atoms with Crippen molar-refractivity contribution >= 4 is 23.1 Å². The van der Waals surface area contributed by atoms with Crippen LogP contribution in [-0.4, -0.2) is 33.9 Å². The van der Waals surface area contributed by atoms with Crippen LogP contribution in [0.15, 0.2) is 35.0 Å². The zero-order chi connectivity index (χ0) is 16.7. The molecule has 23 heavy (non-hydrogen) atoms. The highest BCUT2D eigenvalue weighted by molar-refractivity contribution is 7.07. The van der Waals surface area contributed by atoms with Crippen LogP contribution in [0.4, 0.5) is 10.5 Å². The minimum Gasteiger partial charge on any atom is -0.497 e. The summed E-state index contributed by atoms with van der Waals surface area (Å²) in [6.07, 6.45) is -0.174. The van der Waals surface area contributed by atoms with E-state index in [0.29, 0.717) is 23.7 Å². The van der Waals surface area contributed by atoms with Gasteiger partial charge >= 0.3 is 6.03 Å². The smallest absolute Gasteiger partial charge is 0.319 e. The van der Waals surface area contributed by atoms with Gasteiger partial charge in [-0.2, -0.15) is 11.3 Å². The molecular weight excluding hydrogens is 316 g/mol. The second-order valence-corrected chi connectivity index (χ2v) is 5.50. The number of benzene rings is 1. The summed E-state index contributed by atoms with van der Waals surface area (Å²) in [5, 5.41) is 9.52. The third kappa shape index (κ3) is 4.87. The highest BCUT2D eigenvalue weighted by Gasteiger charge is 2.13. The number of anilines is 1. The van der Waals surface area contributed by atoms with E-state index in [2.05, 4.69) is 10.6 Å². The van der Waals surface area contributed by atoms with Gasteiger partial charge in [0.15, 0.2) is 0 Å². The van der Waals surface area contributed by atoms with Crippen molar-refractivity contribution in [3.8, 4) is 11.5 Å². The molecule has 124 valence electrons. The molecule has 1 heterocycles. The molecule has 2 N–H and O–H groups in total. The van der Waals surface area contributed by atoms with Crippen LogP contribution in [0.3, 0.4) is 0 Å². The largest absolute Gasteiger partial charge is 0.497 e. The molecule has 6 nitrogen and oxygen atoms in total. The molecule has 1 aromatic carbocycles. The summed E-state index contributed by atoms with van der Waals surface area (Å²) in [5.74, 6) is 1.21. The molecule has 1 aromatic heterocycles. The normalized spacial score (nSPS) is 11.6. The number of carbonyl (C=O) groups is 1. The van der Waals surface area contributed by atoms with Gasteiger partial charge in [0.2, 0.25) is 0 Å². The average molecular weight is 336 g/mol. The number of rotatable bonds is 7. The number of hydrogen-bond acceptors (Lipinski definition) is 5. The molecule has 2 rings (SSSR count). The minimum atomic E-state index is -0.322. The molecule has 0 saturated carbocycles. The fraction of sp³-hybridized carbons (Fsp3) is 0.312. The van der Waals surface area contributed by atoms with Crippen LogP contribution in [0.1, 0.15) is 11.7 Å². The Hall–Kier alpha value is -2.25. The molecule has 0 spiro atoms. The molecule has 2 aromatic rings. The Labute approximate surface area is 139 Å². The topological polar surface area (TPSA) is 68.8 Å². The van der Waals surface area contributed by atoms with Crippen molar-refractivity contribution < 1.29 is 19.0 Å². The van der Waals surface area contributed by atoms with E-state index in [-0.39, 0.29) is 12.1 Å². The monoisotopic (exact) mass is 336 g/mol. The number of carbonyl (C=O) groups excluding carboxylic acids is 1. The molecule has 0 saturated heterocycles. The lowest BCUT2D eigenvalue weighted by atomic mass is 10.2. The van der Waals surface area contributed by atoms with Crippen LogP contribution >= 0.6 is 11.3 Å². The van der Waals surface area contributed by atoms with Crippen LogP contribution in [0.2, 0.25) is 0 Å². The fourth-order valence-electron chi connectivity index (χ4n) is 2.04. The van der Waals surface area contributed by atoms with Gasteiger partial charge in [-0.3, -0.25) is 0 Å². The summed E-state index contributed by atoms with van der Waals surface area (Å²) < 4.78 is 15.7. The van der Waals surface area contributed by atoms with Gasteiger partial charge in [-0.25, -0.2) is 4.79 Å². The molecule has 0 bridgehead atoms. The van der Waals surface area contributed by atoms with Gasteiger partial charge in [0.25, 0.3) is 0 Å². The molecular formula is C16H20N2O4S. The first-order chi connectivity index (χ1) is 11.2. The number of amides is 2. The van der Waals surface area contributed by atoms with Crippen LogP contribution in [0.5, 0.6) is 11.5 Å². The van der Waals surface area contributed by atoms with Gasteiger partial charge in [0.1, 0.15) is 17.6 Å². The number of urea groups is 1. The number of methoxy groups -OCH3 is 3. The van der Waals surface area contributed by atoms with Gasteiger partial charge in [0, 0.05) is 37.5 Å². The maximum absolute atomic E-state index is 12.0. The minimum absolute atomic E-state index is 0.174. The summed E-state index contributed by atoms with van der Waals surface area (Å²) in [4.78, 5) is 12.0. The Kier molecular flexibility index (Phi) is 6.25. The molecule has 0 radical (unpaired) electrons. The second kappa shape index (κ2) is 8.40. The first kappa shape index (κ1) is 17.1. The predicted octanol–water partition coefficient (Wildman–Crippen LogP) is 3.27. The average Bonchev–Trinajstić information content (AvgIpc) is 3.09. The third-order valence-corrected chi connectivity index (χ3v) is 3.96. The SMILES string of the molecule is COc1cc(NC(=O)NCC(OC)c2ccsc2)cc(OC)c1. The quantitative estimate of drug-likeness (QED) is 0.814. The summed E-state index contributed by atoms with van der Waals surface area (Å²) >= 11 is 1.59. The third-order valence-electron chi connectivity index (χ3n) is 3.26. The molecule has 7 heteroatoms. The number of nitrogens with one attached hydrogen (secondary N) is 2. The van der Waals surface area contributed by atoms with Crippen molar-refractivity contribution in [2.45, 2.75) is 6.10 Å². The summed E-state index contributed by atoms with van der Waals surface area (Å²) in [6.45, 7) is 0.375. The fourth-order valence-corrected chi connectivity index (χ4v) is 2.74. The van der Waals surface area contributed by atoms with Crippen molar-refractivity contribution in [1.29, 1.82) is 0 Å². The lowest BCUT2D eigenvalue weighted by molar-refractivity contribution is 0.105. The summed E-state index contributed by atoms with van der Waals surface area (Å²) in [6, 6.07) is 6.83. The summed E-state index contributed by atoms with van der Waals surface area (Å²) in [7, 11) is 4.74. The highest BCUT2D eigenvalue weighted by Crippen LogP contribution is 2.25. The second-order valence-electron chi connectivity index (χ2n) is 4.72. The Bertz CT molecular complexity index is 609. The van der Waals surface area contributed by atoms with Crippen LogP contribution in [0, 0.1) is 0 Å². The molecule has 0 aliphatic heterocycles. The maximum atomic E-state index is 12.0. The van der Waals surface area contributed by atoms with Crippen LogP contribution in [-0.2, 0) is 4.74 Å². The predicted molar refractivity (Wildman–Crippen MR) is 90.6 cm³/mol. The van der Waals surface area contributed by atoms with E-state index in [4.69, 9.17) is 14.2 Å². The standard InChI is InChI=1S/C16H20N2O4S/c1-20-13-6-12(7-14(8-13)21-2)18-16(19)17-9-15(22-3)11-4-5-23-10-11/h4-8,10,15H,9H2,1-3H3,(H2,17,18,19). The van der Waals surface area contributed by atoms with Gasteiger partial charge in [-0.05, 0) is 22.4 Å². The van der Waals surface area contributed by atoms with E-state index in [1.807, 2.05) is 16.8 Å². The highest BCUT2D eigenvalue weighted by atomic mass is 32.1. The molecule has 1 unspecified atom stereocenters. The molecule has 0 aliphatic rings. The van der Waals surface area contributed by atoms with Crippen LogP contribution < -0.4 is 20.1 Å². The first-order valence-corrected chi connectivity index (χ1v) is 7.93. The van der Waals surface area contributed by atoms with E-state index < -0.39 is 0 Å². The van der Waals surface area contributed by atoms with Crippen molar-refractivity contribution in [2.75, 3.05) is 33.2 Å². The van der Waals surface area contributed by atoms with E-state index in [9.17, 15) is 4.79 Å². The molecule has 0 fully saturated rings. The Morgan fingerprint density at radius 3 is 2.39 bits per heavy atom. The maximum Gasteiger partial charge on any atom is 0.319 e. The van der Waals surface area contributed by atoms with Crippen molar-refractivity contribution in [2.24, 2.45) is 0 Å². The van der Waals surface area contributed by atoms with E-state index >= 15 is 0 Å². The number of ether oxygens (including phenoxy) is 3. The van der Waals surface area contributed by atoms with Gasteiger partial charge < -0.3 is 24.8 Å². The van der Waals surface area contributed by atoms with Gasteiger partial charge in [-0.15, -0.1) is 0 Å². The van der Waals surface area contributed by atoms with Gasteiger partial charge in [0.05, 0.1) is 14.2 Å². The zero-order valence-corrected chi connectivity index (χ0v) is 14.1. The van der Waals surface area contributed by atoms with E-state index in [1.54, 1.807) is 50.9 Å². The Morgan fingerprint density at radius 2 is 1.87 bits per heavy atom. The van der Waals surface area contributed by atoms with Gasteiger partial charge in [-0.1, -0.05) is 0 Å². The van der Waals surface area contributed by atoms with Crippen molar-refractivity contribution in [1.82, 2.24) is 5.32 Å².